The zero-order chi connectivity index (χ0) is 16.6. The molecule has 0 atom stereocenters. The van der Waals surface area contributed by atoms with Crippen LogP contribution in [0.25, 0.3) is 6.08 Å². The molecule has 0 spiro atoms. The van der Waals surface area contributed by atoms with Crippen LogP contribution in [-0.2, 0) is 4.79 Å². The molecule has 2 N–H and O–H groups in total. The van der Waals surface area contributed by atoms with Gasteiger partial charge in [-0.1, -0.05) is 34.1 Å². The number of fused-ring (bicyclic) bond motifs is 1. The highest BCUT2D eigenvalue weighted by atomic mass is 79.9. The van der Waals surface area contributed by atoms with Crippen LogP contribution in [0.15, 0.2) is 57.7 Å². The van der Waals surface area contributed by atoms with Crippen molar-refractivity contribution in [2.75, 3.05) is 5.73 Å². The van der Waals surface area contributed by atoms with Crippen LogP contribution >= 0.6 is 15.9 Å². The summed E-state index contributed by atoms with van der Waals surface area (Å²) in [4.78, 5) is 12.0. The summed E-state index contributed by atoms with van der Waals surface area (Å²) < 4.78 is 0.960. The molecular weight excluding hydrogens is 354 g/mol. The van der Waals surface area contributed by atoms with E-state index in [0.717, 1.165) is 32.6 Å². The van der Waals surface area contributed by atoms with Gasteiger partial charge in [-0.2, -0.15) is 5.10 Å². The molecule has 23 heavy (non-hydrogen) atoms. The standard InChI is InChI=1S/C18H16BrN3O/c1-11-9-14-3-6-15(19)10-17(14)18(21-22(11)12(2)23)13-4-7-16(20)8-5-13/h3-10H,20H2,1-2H3. The van der Waals surface area contributed by atoms with Crippen LogP contribution in [0.5, 0.6) is 0 Å². The van der Waals surface area contributed by atoms with Crippen LogP contribution in [-0.4, -0.2) is 16.6 Å². The highest BCUT2D eigenvalue weighted by molar-refractivity contribution is 9.10. The number of hydrogen-bond acceptors (Lipinski definition) is 3. The van der Waals surface area contributed by atoms with Gasteiger partial charge in [0.2, 0.25) is 5.91 Å². The Morgan fingerprint density at radius 2 is 1.87 bits per heavy atom. The van der Waals surface area contributed by atoms with Crippen molar-refractivity contribution in [3.05, 3.63) is 69.3 Å². The number of allylic oxidation sites excluding steroid dienone is 1. The van der Waals surface area contributed by atoms with Crippen molar-refractivity contribution >= 4 is 39.3 Å². The third kappa shape index (κ3) is 3.05. The number of benzene rings is 2. The van der Waals surface area contributed by atoms with E-state index in [1.54, 1.807) is 0 Å². The maximum Gasteiger partial charge on any atom is 0.243 e. The third-order valence-electron chi connectivity index (χ3n) is 3.65. The second kappa shape index (κ2) is 6.01. The fourth-order valence-electron chi connectivity index (χ4n) is 2.55. The SMILES string of the molecule is CC(=O)N1N=C(c2ccc(N)cc2)c2cc(Br)ccc2C=C1C. The Bertz CT molecular complexity index is 838. The Morgan fingerprint density at radius 3 is 2.52 bits per heavy atom. The molecule has 2 aromatic rings. The van der Waals surface area contributed by atoms with Crippen LogP contribution < -0.4 is 5.73 Å². The molecule has 116 valence electrons. The Labute approximate surface area is 143 Å². The van der Waals surface area contributed by atoms with E-state index < -0.39 is 0 Å². The number of nitrogens with zero attached hydrogens (tertiary/aromatic N) is 2. The molecule has 5 heteroatoms. The van der Waals surface area contributed by atoms with E-state index in [-0.39, 0.29) is 5.91 Å². The summed E-state index contributed by atoms with van der Waals surface area (Å²) in [6.45, 7) is 3.38. The third-order valence-corrected chi connectivity index (χ3v) is 4.14. The number of rotatable bonds is 1. The highest BCUT2D eigenvalue weighted by Crippen LogP contribution is 2.27. The predicted octanol–water partition coefficient (Wildman–Crippen LogP) is 4.01. The number of hydrogen-bond donors (Lipinski definition) is 1. The van der Waals surface area contributed by atoms with Gasteiger partial charge in [0.1, 0.15) is 0 Å². The molecule has 0 bridgehead atoms. The number of nitrogen functional groups attached to an aromatic ring is 1. The van der Waals surface area contributed by atoms with E-state index in [4.69, 9.17) is 5.73 Å². The number of halogens is 1. The normalized spacial score (nSPS) is 13.8. The van der Waals surface area contributed by atoms with E-state index in [9.17, 15) is 4.79 Å². The highest BCUT2D eigenvalue weighted by Gasteiger charge is 2.20. The van der Waals surface area contributed by atoms with Gasteiger partial charge >= 0.3 is 0 Å². The van der Waals surface area contributed by atoms with Crippen molar-refractivity contribution in [1.29, 1.82) is 0 Å². The monoisotopic (exact) mass is 369 g/mol. The van der Waals surface area contributed by atoms with Crippen molar-refractivity contribution in [2.45, 2.75) is 13.8 Å². The molecule has 0 aromatic heterocycles. The lowest BCUT2D eigenvalue weighted by molar-refractivity contribution is -0.126. The van der Waals surface area contributed by atoms with Crippen molar-refractivity contribution < 1.29 is 4.79 Å². The Balaban J connectivity index is 2.26. The number of amides is 1. The Kier molecular flexibility index (Phi) is 4.05. The molecule has 0 aliphatic carbocycles. The predicted molar refractivity (Wildman–Crippen MR) is 96.8 cm³/mol. The van der Waals surface area contributed by atoms with Gasteiger partial charge in [-0.25, -0.2) is 5.01 Å². The molecule has 0 fully saturated rings. The second-order valence-corrected chi connectivity index (χ2v) is 6.33. The average molecular weight is 370 g/mol. The van der Waals surface area contributed by atoms with E-state index in [1.807, 2.05) is 55.5 Å². The molecule has 1 amide bonds. The maximum absolute atomic E-state index is 12.0. The van der Waals surface area contributed by atoms with Crippen LogP contribution in [0.1, 0.15) is 30.5 Å². The number of carbonyl (C=O) groups is 1. The Morgan fingerprint density at radius 1 is 1.17 bits per heavy atom. The zero-order valence-electron chi connectivity index (χ0n) is 12.9. The van der Waals surface area contributed by atoms with Crippen molar-refractivity contribution in [3.8, 4) is 0 Å². The fourth-order valence-corrected chi connectivity index (χ4v) is 2.91. The van der Waals surface area contributed by atoms with E-state index in [1.165, 1.54) is 11.9 Å². The minimum atomic E-state index is -0.126. The molecule has 2 aromatic carbocycles. The summed E-state index contributed by atoms with van der Waals surface area (Å²) in [5.74, 6) is -0.126. The van der Waals surface area contributed by atoms with Gasteiger partial charge in [-0.05, 0) is 42.8 Å². The first-order valence-electron chi connectivity index (χ1n) is 7.19. The largest absolute Gasteiger partial charge is 0.399 e. The maximum atomic E-state index is 12.0. The number of nitrogens with two attached hydrogens (primary N) is 1. The molecule has 1 aliphatic heterocycles. The summed E-state index contributed by atoms with van der Waals surface area (Å²) in [5.41, 5.74) is 10.9. The van der Waals surface area contributed by atoms with Crippen LogP contribution in [0.2, 0.25) is 0 Å². The lowest BCUT2D eigenvalue weighted by Gasteiger charge is -2.16. The smallest absolute Gasteiger partial charge is 0.243 e. The average Bonchev–Trinajstić information content (AvgIpc) is 2.64. The van der Waals surface area contributed by atoms with E-state index in [2.05, 4.69) is 21.0 Å². The van der Waals surface area contributed by atoms with E-state index >= 15 is 0 Å². The minimum absolute atomic E-state index is 0.126. The molecule has 0 saturated carbocycles. The second-order valence-electron chi connectivity index (χ2n) is 5.42. The summed E-state index contributed by atoms with van der Waals surface area (Å²) in [5, 5.41) is 6.04. The molecule has 0 unspecified atom stereocenters. The Hall–Kier alpha value is -2.40. The van der Waals surface area contributed by atoms with E-state index in [0.29, 0.717) is 5.69 Å². The molecule has 1 aliphatic rings. The molecule has 3 rings (SSSR count). The lowest BCUT2D eigenvalue weighted by Crippen LogP contribution is -2.22. The lowest BCUT2D eigenvalue weighted by atomic mass is 9.97. The summed E-state index contributed by atoms with van der Waals surface area (Å²) in [6, 6.07) is 13.5. The zero-order valence-corrected chi connectivity index (χ0v) is 14.5. The first-order valence-corrected chi connectivity index (χ1v) is 7.98. The topological polar surface area (TPSA) is 58.7 Å². The quantitative estimate of drug-likeness (QED) is 0.772. The van der Waals surface area contributed by atoms with Gasteiger partial charge in [0.15, 0.2) is 0 Å². The van der Waals surface area contributed by atoms with Gasteiger partial charge in [0.05, 0.1) is 5.71 Å². The number of carbonyl (C=O) groups excluding carboxylic acids is 1. The molecule has 1 heterocycles. The minimum Gasteiger partial charge on any atom is -0.399 e. The molecular formula is C18H16BrN3O. The van der Waals surface area contributed by atoms with Gasteiger partial charge < -0.3 is 5.73 Å². The number of hydrazone groups is 1. The van der Waals surface area contributed by atoms with Crippen molar-refractivity contribution in [1.82, 2.24) is 5.01 Å². The van der Waals surface area contributed by atoms with Crippen LogP contribution in [0.3, 0.4) is 0 Å². The fraction of sp³-hybridized carbons (Fsp3) is 0.111. The summed E-state index contributed by atoms with van der Waals surface area (Å²) in [7, 11) is 0. The molecule has 4 nitrogen and oxygen atoms in total. The van der Waals surface area contributed by atoms with Crippen LogP contribution in [0.4, 0.5) is 5.69 Å². The summed E-state index contributed by atoms with van der Waals surface area (Å²) >= 11 is 3.51. The van der Waals surface area contributed by atoms with Gasteiger partial charge in [0.25, 0.3) is 0 Å². The molecule has 0 saturated heterocycles. The first-order chi connectivity index (χ1) is 11.0. The first kappa shape index (κ1) is 15.5. The van der Waals surface area contributed by atoms with Gasteiger partial charge in [-0.3, -0.25) is 4.79 Å². The van der Waals surface area contributed by atoms with Crippen molar-refractivity contribution in [3.63, 3.8) is 0 Å². The number of anilines is 1. The van der Waals surface area contributed by atoms with Gasteiger partial charge in [-0.15, -0.1) is 0 Å². The van der Waals surface area contributed by atoms with Crippen molar-refractivity contribution in [2.24, 2.45) is 5.10 Å². The summed E-state index contributed by atoms with van der Waals surface area (Å²) in [6.07, 6.45) is 1.97. The molecule has 0 radical (unpaired) electrons. The van der Waals surface area contributed by atoms with Crippen LogP contribution in [0, 0.1) is 0 Å². The van der Waals surface area contributed by atoms with Gasteiger partial charge in [0, 0.05) is 33.9 Å².